The number of aromatic nitrogens is 2. The largest absolute Gasteiger partial charge is 0.341 e. The highest BCUT2D eigenvalue weighted by molar-refractivity contribution is 6.30. The van der Waals surface area contributed by atoms with Crippen LogP contribution in [-0.2, 0) is 4.79 Å². The number of nitrogens with two attached hydrogens (primary N) is 1. The maximum atomic E-state index is 12.5. The molecule has 1 aliphatic heterocycles. The van der Waals surface area contributed by atoms with Crippen molar-refractivity contribution in [3.05, 3.63) is 59.2 Å². The van der Waals surface area contributed by atoms with E-state index in [0.717, 1.165) is 40.6 Å². The minimum atomic E-state index is -0.834. The molecule has 2 N–H and O–H groups in total. The summed E-state index contributed by atoms with van der Waals surface area (Å²) in [4.78, 5) is 14.3. The maximum absolute atomic E-state index is 12.5. The van der Waals surface area contributed by atoms with Crippen molar-refractivity contribution in [2.45, 2.75) is 38.1 Å². The first-order chi connectivity index (χ1) is 13.8. The van der Waals surface area contributed by atoms with E-state index in [1.54, 1.807) is 13.8 Å². The zero-order valence-corrected chi connectivity index (χ0v) is 17.5. The van der Waals surface area contributed by atoms with Crippen LogP contribution in [0.2, 0.25) is 5.02 Å². The van der Waals surface area contributed by atoms with E-state index in [-0.39, 0.29) is 11.8 Å². The summed E-state index contributed by atoms with van der Waals surface area (Å²) in [6.07, 6.45) is 1.72. The van der Waals surface area contributed by atoms with Crippen LogP contribution in [0.25, 0.3) is 22.0 Å². The first-order valence-corrected chi connectivity index (χ1v) is 10.3. The Morgan fingerprint density at radius 1 is 1.03 bits per heavy atom. The van der Waals surface area contributed by atoms with Crippen molar-refractivity contribution < 1.29 is 4.79 Å². The van der Waals surface area contributed by atoms with Gasteiger partial charge in [0, 0.05) is 40.4 Å². The molecule has 150 valence electrons. The van der Waals surface area contributed by atoms with Gasteiger partial charge in [-0.2, -0.15) is 5.10 Å². The molecule has 1 aliphatic rings. The van der Waals surface area contributed by atoms with Gasteiger partial charge in [0.05, 0.1) is 11.2 Å². The Labute approximate surface area is 175 Å². The summed E-state index contributed by atoms with van der Waals surface area (Å²) < 4.78 is 0. The SMILES string of the molecule is CC(C)(N)C(=O)N1CCC(c2nnc(-c3ccc(Cl)cc3)c3ccccc23)CC1. The molecule has 4 rings (SSSR count). The summed E-state index contributed by atoms with van der Waals surface area (Å²) in [5.74, 6) is 0.279. The fourth-order valence-electron chi connectivity index (χ4n) is 4.01. The van der Waals surface area contributed by atoms with Crippen molar-refractivity contribution in [1.82, 2.24) is 15.1 Å². The number of piperidine rings is 1. The van der Waals surface area contributed by atoms with Gasteiger partial charge < -0.3 is 10.6 Å². The number of carbonyl (C=O) groups excluding carboxylic acids is 1. The minimum absolute atomic E-state index is 0.00461. The Bertz CT molecular complexity index is 1030. The normalized spacial score (nSPS) is 15.7. The molecule has 0 atom stereocenters. The summed E-state index contributed by atoms with van der Waals surface area (Å²) in [5.41, 5.74) is 8.02. The molecule has 5 nitrogen and oxygen atoms in total. The number of hydrogen-bond donors (Lipinski definition) is 1. The highest BCUT2D eigenvalue weighted by Crippen LogP contribution is 2.35. The van der Waals surface area contributed by atoms with E-state index in [1.807, 2.05) is 41.3 Å². The fraction of sp³-hybridized carbons (Fsp3) is 0.348. The molecular formula is C23H25ClN4O. The molecule has 29 heavy (non-hydrogen) atoms. The van der Waals surface area contributed by atoms with E-state index in [9.17, 15) is 4.79 Å². The van der Waals surface area contributed by atoms with Crippen molar-refractivity contribution in [2.75, 3.05) is 13.1 Å². The summed E-state index contributed by atoms with van der Waals surface area (Å²) in [6.45, 7) is 4.91. The lowest BCUT2D eigenvalue weighted by Gasteiger charge is -2.35. The lowest BCUT2D eigenvalue weighted by molar-refractivity contribution is -0.136. The Balaban J connectivity index is 1.64. The van der Waals surface area contributed by atoms with Gasteiger partial charge in [-0.15, -0.1) is 5.10 Å². The molecule has 0 spiro atoms. The number of nitrogens with zero attached hydrogens (tertiary/aromatic N) is 3. The van der Waals surface area contributed by atoms with E-state index >= 15 is 0 Å². The van der Waals surface area contributed by atoms with E-state index < -0.39 is 5.54 Å². The first kappa shape index (κ1) is 19.8. The third-order valence-corrected chi connectivity index (χ3v) is 5.81. The fourth-order valence-corrected chi connectivity index (χ4v) is 4.14. The van der Waals surface area contributed by atoms with Crippen molar-refractivity contribution in [3.8, 4) is 11.3 Å². The molecule has 1 aromatic heterocycles. The number of amides is 1. The van der Waals surface area contributed by atoms with Crippen LogP contribution in [-0.4, -0.2) is 39.6 Å². The van der Waals surface area contributed by atoms with Gasteiger partial charge in [-0.3, -0.25) is 4.79 Å². The third-order valence-electron chi connectivity index (χ3n) is 5.55. The van der Waals surface area contributed by atoms with Gasteiger partial charge in [-0.25, -0.2) is 0 Å². The first-order valence-electron chi connectivity index (χ1n) is 9.94. The number of carbonyl (C=O) groups is 1. The molecule has 0 unspecified atom stereocenters. The van der Waals surface area contributed by atoms with Gasteiger partial charge in [0.25, 0.3) is 0 Å². The number of fused-ring (bicyclic) bond motifs is 1. The second kappa shape index (κ2) is 7.73. The monoisotopic (exact) mass is 408 g/mol. The van der Waals surface area contributed by atoms with Crippen molar-refractivity contribution in [2.24, 2.45) is 5.73 Å². The number of benzene rings is 2. The molecule has 0 bridgehead atoms. The van der Waals surface area contributed by atoms with Crippen molar-refractivity contribution in [1.29, 1.82) is 0 Å². The van der Waals surface area contributed by atoms with Crippen LogP contribution in [0, 0.1) is 0 Å². The Morgan fingerprint density at radius 3 is 2.28 bits per heavy atom. The Morgan fingerprint density at radius 2 is 1.66 bits per heavy atom. The van der Waals surface area contributed by atoms with Crippen LogP contribution in [0.4, 0.5) is 0 Å². The molecule has 0 radical (unpaired) electrons. The maximum Gasteiger partial charge on any atom is 0.242 e. The summed E-state index contributed by atoms with van der Waals surface area (Å²) >= 11 is 6.03. The predicted octanol–water partition coefficient (Wildman–Crippen LogP) is 4.39. The lowest BCUT2D eigenvalue weighted by Crippen LogP contribution is -2.53. The molecular weight excluding hydrogens is 384 g/mol. The third kappa shape index (κ3) is 3.98. The van der Waals surface area contributed by atoms with E-state index in [0.29, 0.717) is 18.1 Å². The Kier molecular flexibility index (Phi) is 5.28. The average molecular weight is 409 g/mol. The number of likely N-dealkylation sites (tertiary alicyclic amines) is 1. The van der Waals surface area contributed by atoms with Gasteiger partial charge in [0.1, 0.15) is 5.69 Å². The standard InChI is InChI=1S/C23H25ClN4O/c1-23(2,25)22(29)28-13-11-16(12-14-28)21-19-6-4-3-5-18(19)20(26-27-21)15-7-9-17(24)10-8-15/h3-10,16H,11-14,25H2,1-2H3. The molecule has 2 heterocycles. The molecule has 1 amide bonds. The zero-order valence-electron chi connectivity index (χ0n) is 16.7. The molecule has 1 saturated heterocycles. The van der Waals surface area contributed by atoms with E-state index in [4.69, 9.17) is 17.3 Å². The van der Waals surface area contributed by atoms with Crippen LogP contribution in [0.5, 0.6) is 0 Å². The van der Waals surface area contributed by atoms with Crippen LogP contribution in [0.1, 0.15) is 38.3 Å². The van der Waals surface area contributed by atoms with Crippen LogP contribution in [0.3, 0.4) is 0 Å². The smallest absolute Gasteiger partial charge is 0.242 e. The lowest BCUT2D eigenvalue weighted by atomic mass is 9.89. The topological polar surface area (TPSA) is 72.1 Å². The van der Waals surface area contributed by atoms with Crippen molar-refractivity contribution >= 4 is 28.3 Å². The molecule has 0 saturated carbocycles. The van der Waals surface area contributed by atoms with Gasteiger partial charge in [-0.05, 0) is 38.8 Å². The molecule has 3 aromatic rings. The van der Waals surface area contributed by atoms with Crippen LogP contribution < -0.4 is 5.73 Å². The summed E-state index contributed by atoms with van der Waals surface area (Å²) in [7, 11) is 0. The van der Waals surface area contributed by atoms with Crippen molar-refractivity contribution in [3.63, 3.8) is 0 Å². The van der Waals surface area contributed by atoms with Gasteiger partial charge in [-0.1, -0.05) is 48.0 Å². The van der Waals surface area contributed by atoms with Crippen LogP contribution >= 0.6 is 11.6 Å². The van der Waals surface area contributed by atoms with Gasteiger partial charge in [0.15, 0.2) is 0 Å². The summed E-state index contributed by atoms with van der Waals surface area (Å²) in [5, 5.41) is 12.1. The number of halogens is 1. The van der Waals surface area contributed by atoms with E-state index in [2.05, 4.69) is 22.3 Å². The minimum Gasteiger partial charge on any atom is -0.341 e. The Hall–Kier alpha value is -2.50. The second-order valence-corrected chi connectivity index (χ2v) is 8.71. The number of hydrogen-bond acceptors (Lipinski definition) is 4. The van der Waals surface area contributed by atoms with Gasteiger partial charge >= 0.3 is 0 Å². The van der Waals surface area contributed by atoms with Crippen LogP contribution in [0.15, 0.2) is 48.5 Å². The predicted molar refractivity (Wildman–Crippen MR) is 117 cm³/mol. The van der Waals surface area contributed by atoms with Gasteiger partial charge in [0.2, 0.25) is 5.91 Å². The highest BCUT2D eigenvalue weighted by Gasteiger charge is 2.32. The second-order valence-electron chi connectivity index (χ2n) is 8.27. The zero-order chi connectivity index (χ0) is 20.6. The quantitative estimate of drug-likeness (QED) is 0.697. The molecule has 1 fully saturated rings. The molecule has 2 aromatic carbocycles. The average Bonchev–Trinajstić information content (AvgIpc) is 2.73. The van der Waals surface area contributed by atoms with E-state index in [1.165, 1.54) is 0 Å². The molecule has 0 aliphatic carbocycles. The number of rotatable bonds is 3. The highest BCUT2D eigenvalue weighted by atomic mass is 35.5. The molecule has 6 heteroatoms. The summed E-state index contributed by atoms with van der Waals surface area (Å²) in [6, 6.07) is 15.9.